The number of benzene rings is 2. The number of nitrogens with one attached hydrogen (secondary N) is 2. The number of hydrogen-bond donors (Lipinski definition) is 2. The molecule has 2 aromatic rings. The van der Waals surface area contributed by atoms with E-state index in [2.05, 4.69) is 10.6 Å². The molecule has 1 aliphatic heterocycles. The van der Waals surface area contributed by atoms with Crippen molar-refractivity contribution in [1.29, 1.82) is 0 Å². The second-order valence-electron chi connectivity index (χ2n) is 6.92. The van der Waals surface area contributed by atoms with E-state index in [0.29, 0.717) is 17.3 Å². The molecule has 2 N–H and O–H groups in total. The van der Waals surface area contributed by atoms with Gasteiger partial charge in [-0.05, 0) is 43.7 Å². The van der Waals surface area contributed by atoms with Gasteiger partial charge in [-0.15, -0.1) is 0 Å². The monoisotopic (exact) mass is 399 g/mol. The fourth-order valence-electron chi connectivity index (χ4n) is 3.11. The Morgan fingerprint density at radius 2 is 1.86 bits per heavy atom. The van der Waals surface area contributed by atoms with E-state index in [9.17, 15) is 14.4 Å². The Bertz CT molecular complexity index is 912. The van der Waals surface area contributed by atoms with E-state index < -0.39 is 5.92 Å². The van der Waals surface area contributed by atoms with Crippen molar-refractivity contribution in [3.8, 4) is 0 Å². The van der Waals surface area contributed by atoms with Crippen LogP contribution in [0.3, 0.4) is 0 Å². The van der Waals surface area contributed by atoms with Crippen molar-refractivity contribution in [3.63, 3.8) is 0 Å². The lowest BCUT2D eigenvalue weighted by atomic mass is 10.1. The second-order valence-corrected chi connectivity index (χ2v) is 7.33. The lowest BCUT2D eigenvalue weighted by molar-refractivity contribution is -0.127. The van der Waals surface area contributed by atoms with Gasteiger partial charge in [0.25, 0.3) is 0 Å². The molecule has 0 saturated carbocycles. The average Bonchev–Trinajstić information content (AvgIpc) is 3.06. The van der Waals surface area contributed by atoms with Crippen LogP contribution in [0.5, 0.6) is 0 Å². The number of aryl methyl sites for hydroxylation is 1. The molecule has 3 amide bonds. The van der Waals surface area contributed by atoms with E-state index in [-0.39, 0.29) is 30.7 Å². The summed E-state index contributed by atoms with van der Waals surface area (Å²) in [4.78, 5) is 38.4. The van der Waals surface area contributed by atoms with Gasteiger partial charge in [-0.3, -0.25) is 14.4 Å². The Kier molecular flexibility index (Phi) is 5.99. The van der Waals surface area contributed by atoms with Crippen LogP contribution in [0.15, 0.2) is 42.5 Å². The smallest absolute Gasteiger partial charge is 0.243 e. The van der Waals surface area contributed by atoms with Crippen molar-refractivity contribution in [1.82, 2.24) is 5.32 Å². The van der Waals surface area contributed by atoms with Crippen molar-refractivity contribution < 1.29 is 14.4 Å². The normalized spacial score (nSPS) is 16.2. The molecule has 7 heteroatoms. The summed E-state index contributed by atoms with van der Waals surface area (Å²) in [6, 6.07) is 12.8. The number of hydrogen-bond acceptors (Lipinski definition) is 3. The first kappa shape index (κ1) is 19.9. The van der Waals surface area contributed by atoms with E-state index in [4.69, 9.17) is 11.6 Å². The van der Waals surface area contributed by atoms with Crippen molar-refractivity contribution in [2.24, 2.45) is 5.92 Å². The minimum Gasteiger partial charge on any atom is -0.347 e. The van der Waals surface area contributed by atoms with Gasteiger partial charge in [-0.2, -0.15) is 0 Å². The molecular formula is C21H22ClN3O3. The van der Waals surface area contributed by atoms with Crippen LogP contribution in [0.2, 0.25) is 5.02 Å². The molecule has 28 heavy (non-hydrogen) atoms. The summed E-state index contributed by atoms with van der Waals surface area (Å²) in [5, 5.41) is 5.91. The predicted octanol–water partition coefficient (Wildman–Crippen LogP) is 3.06. The molecule has 0 aromatic heterocycles. The fraction of sp³-hybridized carbons (Fsp3) is 0.286. The third-order valence-corrected chi connectivity index (χ3v) is 5.22. The first-order chi connectivity index (χ1) is 13.3. The number of rotatable bonds is 5. The Labute approximate surface area is 168 Å². The molecule has 3 rings (SSSR count). The predicted molar refractivity (Wildman–Crippen MR) is 109 cm³/mol. The summed E-state index contributed by atoms with van der Waals surface area (Å²) in [7, 11) is 0. The highest BCUT2D eigenvalue weighted by Gasteiger charge is 2.35. The third-order valence-electron chi connectivity index (χ3n) is 4.81. The van der Waals surface area contributed by atoms with Crippen LogP contribution in [0.4, 0.5) is 11.4 Å². The lowest BCUT2D eigenvalue weighted by Gasteiger charge is -2.17. The van der Waals surface area contributed by atoms with E-state index >= 15 is 0 Å². The van der Waals surface area contributed by atoms with Gasteiger partial charge in [0.15, 0.2) is 0 Å². The van der Waals surface area contributed by atoms with Gasteiger partial charge >= 0.3 is 0 Å². The SMILES string of the molecule is Cc1ccc(N2CC(C(=O)NCC(=O)Nc3cccc(Cl)c3C)CC2=O)cc1. The highest BCUT2D eigenvalue weighted by Crippen LogP contribution is 2.25. The van der Waals surface area contributed by atoms with Gasteiger partial charge in [0.1, 0.15) is 0 Å². The Morgan fingerprint density at radius 1 is 1.14 bits per heavy atom. The highest BCUT2D eigenvalue weighted by molar-refractivity contribution is 6.31. The van der Waals surface area contributed by atoms with E-state index in [1.807, 2.05) is 31.2 Å². The Hall–Kier alpha value is -2.86. The van der Waals surface area contributed by atoms with Crippen molar-refractivity contribution >= 4 is 40.7 Å². The van der Waals surface area contributed by atoms with Crippen LogP contribution in [0.25, 0.3) is 0 Å². The largest absolute Gasteiger partial charge is 0.347 e. The molecule has 6 nitrogen and oxygen atoms in total. The molecular weight excluding hydrogens is 378 g/mol. The summed E-state index contributed by atoms with van der Waals surface area (Å²) in [5.74, 6) is -1.23. The van der Waals surface area contributed by atoms with Gasteiger partial charge in [-0.25, -0.2) is 0 Å². The molecule has 0 spiro atoms. The highest BCUT2D eigenvalue weighted by atomic mass is 35.5. The summed E-state index contributed by atoms with van der Waals surface area (Å²) in [6.07, 6.45) is 0.134. The number of amides is 3. The zero-order valence-corrected chi connectivity index (χ0v) is 16.5. The average molecular weight is 400 g/mol. The molecule has 1 heterocycles. The van der Waals surface area contributed by atoms with Crippen LogP contribution in [0.1, 0.15) is 17.5 Å². The van der Waals surface area contributed by atoms with Crippen molar-refractivity contribution in [2.75, 3.05) is 23.3 Å². The molecule has 1 saturated heterocycles. The quantitative estimate of drug-likeness (QED) is 0.811. The molecule has 0 radical (unpaired) electrons. The number of carbonyl (C=O) groups excluding carboxylic acids is 3. The molecule has 0 bridgehead atoms. The maximum atomic E-state index is 12.4. The minimum absolute atomic E-state index is 0.0944. The van der Waals surface area contributed by atoms with Crippen LogP contribution in [-0.4, -0.2) is 30.8 Å². The fourth-order valence-corrected chi connectivity index (χ4v) is 3.28. The van der Waals surface area contributed by atoms with Crippen molar-refractivity contribution in [2.45, 2.75) is 20.3 Å². The first-order valence-corrected chi connectivity index (χ1v) is 9.42. The van der Waals surface area contributed by atoms with E-state index in [0.717, 1.165) is 16.8 Å². The molecule has 1 aliphatic rings. The molecule has 1 atom stereocenters. The van der Waals surface area contributed by atoms with E-state index in [1.54, 1.807) is 30.0 Å². The third kappa shape index (κ3) is 4.51. The van der Waals surface area contributed by atoms with Gasteiger partial charge in [0.05, 0.1) is 12.5 Å². The molecule has 1 fully saturated rings. The van der Waals surface area contributed by atoms with Crippen LogP contribution < -0.4 is 15.5 Å². The van der Waals surface area contributed by atoms with Gasteiger partial charge in [0, 0.05) is 29.4 Å². The van der Waals surface area contributed by atoms with Crippen molar-refractivity contribution in [3.05, 3.63) is 58.6 Å². The lowest BCUT2D eigenvalue weighted by Crippen LogP contribution is -2.38. The molecule has 1 unspecified atom stereocenters. The molecule has 146 valence electrons. The molecule has 0 aliphatic carbocycles. The standard InChI is InChI=1S/C21H22ClN3O3/c1-13-6-8-16(9-7-13)25-12-15(10-20(25)27)21(28)23-11-19(26)24-18-5-3-4-17(22)14(18)2/h3-9,15H,10-12H2,1-2H3,(H,23,28)(H,24,26). The second kappa shape index (κ2) is 8.44. The zero-order valence-electron chi connectivity index (χ0n) is 15.8. The summed E-state index contributed by atoms with van der Waals surface area (Å²) < 4.78 is 0. The molecule has 2 aromatic carbocycles. The van der Waals surface area contributed by atoms with Gasteiger partial charge in [-0.1, -0.05) is 35.4 Å². The van der Waals surface area contributed by atoms with E-state index in [1.165, 1.54) is 0 Å². The number of anilines is 2. The van der Waals surface area contributed by atoms with Crippen LogP contribution in [0, 0.1) is 19.8 Å². The number of nitrogens with zero attached hydrogens (tertiary/aromatic N) is 1. The zero-order chi connectivity index (χ0) is 20.3. The minimum atomic E-state index is -0.477. The van der Waals surface area contributed by atoms with Crippen LogP contribution >= 0.6 is 11.6 Å². The Balaban J connectivity index is 1.53. The Morgan fingerprint density at radius 3 is 2.57 bits per heavy atom. The van der Waals surface area contributed by atoms with Crippen LogP contribution in [-0.2, 0) is 14.4 Å². The topological polar surface area (TPSA) is 78.5 Å². The maximum absolute atomic E-state index is 12.4. The number of halogens is 1. The number of carbonyl (C=O) groups is 3. The summed E-state index contributed by atoms with van der Waals surface area (Å²) in [5.41, 5.74) is 3.25. The van der Waals surface area contributed by atoms with Gasteiger partial charge in [0.2, 0.25) is 17.7 Å². The first-order valence-electron chi connectivity index (χ1n) is 9.05. The summed E-state index contributed by atoms with van der Waals surface area (Å²) >= 11 is 6.04. The summed E-state index contributed by atoms with van der Waals surface area (Å²) in [6.45, 7) is 3.92. The van der Waals surface area contributed by atoms with Gasteiger partial charge < -0.3 is 15.5 Å². The maximum Gasteiger partial charge on any atom is 0.243 e.